The quantitative estimate of drug-likeness (QED) is 0.861. The van der Waals surface area contributed by atoms with Crippen LogP contribution in [0.15, 0.2) is 12.1 Å². The molecule has 1 heterocycles. The molecule has 0 spiro atoms. The highest BCUT2D eigenvalue weighted by molar-refractivity contribution is 5.92. The zero-order valence-electron chi connectivity index (χ0n) is 14.6. The van der Waals surface area contributed by atoms with Crippen molar-refractivity contribution in [2.24, 2.45) is 0 Å². The molecule has 1 N–H and O–H groups in total. The first kappa shape index (κ1) is 17.1. The SMILES string of the molecule is CCN(c1cc(OC2CCC2)cc(C(=O)O)c1C)C1CCOCC1. The van der Waals surface area contributed by atoms with E-state index in [1.165, 1.54) is 6.42 Å². The third-order valence-corrected chi connectivity index (χ3v) is 5.22. The Kier molecular flexibility index (Phi) is 5.29. The van der Waals surface area contributed by atoms with E-state index in [4.69, 9.17) is 9.47 Å². The van der Waals surface area contributed by atoms with Crippen LogP contribution < -0.4 is 9.64 Å². The van der Waals surface area contributed by atoms with Gasteiger partial charge in [0, 0.05) is 37.6 Å². The Morgan fingerprint density at radius 3 is 2.54 bits per heavy atom. The Labute approximate surface area is 143 Å². The van der Waals surface area contributed by atoms with E-state index in [2.05, 4.69) is 11.8 Å². The number of nitrogens with zero attached hydrogens (tertiary/aromatic N) is 1. The van der Waals surface area contributed by atoms with Gasteiger partial charge in [-0.1, -0.05) is 0 Å². The molecule has 2 aliphatic rings. The van der Waals surface area contributed by atoms with Gasteiger partial charge in [0.05, 0.1) is 11.7 Å². The molecule has 0 atom stereocenters. The molecule has 5 nitrogen and oxygen atoms in total. The maximum atomic E-state index is 11.7. The van der Waals surface area contributed by atoms with Crippen molar-refractivity contribution in [1.82, 2.24) is 0 Å². The van der Waals surface area contributed by atoms with Gasteiger partial charge in [0.15, 0.2) is 0 Å². The molecule has 3 rings (SSSR count). The van der Waals surface area contributed by atoms with Gasteiger partial charge in [-0.05, 0) is 57.6 Å². The fourth-order valence-electron chi connectivity index (χ4n) is 3.56. The average Bonchev–Trinajstić information content (AvgIpc) is 2.54. The van der Waals surface area contributed by atoms with E-state index in [-0.39, 0.29) is 6.10 Å². The van der Waals surface area contributed by atoms with Crippen LogP contribution in [-0.2, 0) is 4.74 Å². The molecule has 0 bridgehead atoms. The van der Waals surface area contributed by atoms with Gasteiger partial charge < -0.3 is 19.5 Å². The second kappa shape index (κ2) is 7.43. The first-order valence-electron chi connectivity index (χ1n) is 8.99. The largest absolute Gasteiger partial charge is 0.490 e. The van der Waals surface area contributed by atoms with Crippen molar-refractivity contribution >= 4 is 11.7 Å². The van der Waals surface area contributed by atoms with Crippen LogP contribution >= 0.6 is 0 Å². The molecule has 0 amide bonds. The van der Waals surface area contributed by atoms with Gasteiger partial charge in [0.2, 0.25) is 0 Å². The summed E-state index contributed by atoms with van der Waals surface area (Å²) in [6.07, 6.45) is 5.50. The highest BCUT2D eigenvalue weighted by Crippen LogP contribution is 2.34. The van der Waals surface area contributed by atoms with E-state index in [1.54, 1.807) is 6.07 Å². The van der Waals surface area contributed by atoms with Crippen molar-refractivity contribution in [1.29, 1.82) is 0 Å². The maximum absolute atomic E-state index is 11.7. The third kappa shape index (κ3) is 3.51. The van der Waals surface area contributed by atoms with Gasteiger partial charge in [0.25, 0.3) is 0 Å². The summed E-state index contributed by atoms with van der Waals surface area (Å²) in [7, 11) is 0. The number of aromatic carboxylic acids is 1. The zero-order valence-corrected chi connectivity index (χ0v) is 14.6. The summed E-state index contributed by atoms with van der Waals surface area (Å²) >= 11 is 0. The molecule has 5 heteroatoms. The predicted molar refractivity (Wildman–Crippen MR) is 93.3 cm³/mol. The van der Waals surface area contributed by atoms with Crippen LogP contribution in [0.25, 0.3) is 0 Å². The van der Waals surface area contributed by atoms with Gasteiger partial charge >= 0.3 is 5.97 Å². The van der Waals surface area contributed by atoms with Gasteiger partial charge in [-0.2, -0.15) is 0 Å². The Hall–Kier alpha value is -1.75. The molecule has 1 saturated heterocycles. The van der Waals surface area contributed by atoms with Crippen molar-refractivity contribution in [2.75, 3.05) is 24.7 Å². The summed E-state index contributed by atoms with van der Waals surface area (Å²) in [6, 6.07) is 4.10. The van der Waals surface area contributed by atoms with Crippen molar-refractivity contribution in [2.45, 2.75) is 58.1 Å². The summed E-state index contributed by atoms with van der Waals surface area (Å²) in [5.41, 5.74) is 2.14. The van der Waals surface area contributed by atoms with Gasteiger partial charge in [0.1, 0.15) is 5.75 Å². The number of rotatable bonds is 6. The van der Waals surface area contributed by atoms with E-state index in [1.807, 2.05) is 13.0 Å². The number of carboxylic acids is 1. The number of benzene rings is 1. The predicted octanol–water partition coefficient (Wildman–Crippen LogP) is 3.63. The molecule has 24 heavy (non-hydrogen) atoms. The van der Waals surface area contributed by atoms with Crippen molar-refractivity contribution in [3.05, 3.63) is 23.3 Å². The van der Waals surface area contributed by atoms with Crippen molar-refractivity contribution < 1.29 is 19.4 Å². The number of carbonyl (C=O) groups is 1. The third-order valence-electron chi connectivity index (χ3n) is 5.22. The summed E-state index contributed by atoms with van der Waals surface area (Å²) in [4.78, 5) is 14.0. The lowest BCUT2D eigenvalue weighted by Gasteiger charge is -2.37. The summed E-state index contributed by atoms with van der Waals surface area (Å²) in [5.74, 6) is -0.209. The molecule has 1 aromatic rings. The standard InChI is InChI=1S/C19H27NO4/c1-3-20(14-7-9-23-10-8-14)18-12-16(24-15-5-4-6-15)11-17(13(18)2)19(21)22/h11-12,14-15H,3-10H2,1-2H3,(H,21,22). The fourth-order valence-corrected chi connectivity index (χ4v) is 3.56. The molecule has 1 saturated carbocycles. The molecule has 0 unspecified atom stereocenters. The summed E-state index contributed by atoms with van der Waals surface area (Å²) in [5, 5.41) is 9.59. The van der Waals surface area contributed by atoms with Gasteiger partial charge in [-0.3, -0.25) is 0 Å². The minimum Gasteiger partial charge on any atom is -0.490 e. The molecule has 0 radical (unpaired) electrons. The lowest BCUT2D eigenvalue weighted by molar-refractivity contribution is 0.0693. The lowest BCUT2D eigenvalue weighted by Crippen LogP contribution is -2.40. The van der Waals surface area contributed by atoms with Crippen LogP contribution in [0.2, 0.25) is 0 Å². The van der Waals surface area contributed by atoms with Crippen molar-refractivity contribution in [3.8, 4) is 5.75 Å². The Morgan fingerprint density at radius 2 is 2.00 bits per heavy atom. The summed E-state index contributed by atoms with van der Waals surface area (Å²) < 4.78 is 11.5. The van der Waals surface area contributed by atoms with E-state index in [0.717, 1.165) is 56.7 Å². The first-order valence-corrected chi connectivity index (χ1v) is 8.99. The van der Waals surface area contributed by atoms with E-state index in [9.17, 15) is 9.90 Å². The Balaban J connectivity index is 1.94. The molecular formula is C19H27NO4. The Bertz CT molecular complexity index is 591. The fraction of sp³-hybridized carbons (Fsp3) is 0.632. The molecule has 1 aromatic carbocycles. The summed E-state index contributed by atoms with van der Waals surface area (Å²) in [6.45, 7) is 6.40. The van der Waals surface area contributed by atoms with E-state index in [0.29, 0.717) is 17.4 Å². The van der Waals surface area contributed by atoms with E-state index >= 15 is 0 Å². The Morgan fingerprint density at radius 1 is 1.29 bits per heavy atom. The van der Waals surface area contributed by atoms with Crippen LogP contribution in [0.1, 0.15) is 54.9 Å². The smallest absolute Gasteiger partial charge is 0.336 e. The van der Waals surface area contributed by atoms with Crippen LogP contribution in [0.4, 0.5) is 5.69 Å². The number of hydrogen-bond acceptors (Lipinski definition) is 4. The molecule has 0 aromatic heterocycles. The highest BCUT2D eigenvalue weighted by atomic mass is 16.5. The second-order valence-electron chi connectivity index (χ2n) is 6.72. The normalized spacial score (nSPS) is 18.9. The van der Waals surface area contributed by atoms with Crippen molar-refractivity contribution in [3.63, 3.8) is 0 Å². The van der Waals surface area contributed by atoms with Crippen LogP contribution in [0.3, 0.4) is 0 Å². The topological polar surface area (TPSA) is 59.0 Å². The average molecular weight is 333 g/mol. The number of carboxylic acid groups (broad SMARTS) is 1. The lowest BCUT2D eigenvalue weighted by atomic mass is 9.96. The number of ether oxygens (including phenoxy) is 2. The minimum atomic E-state index is -0.893. The molecule has 2 fully saturated rings. The number of hydrogen-bond donors (Lipinski definition) is 1. The van der Waals surface area contributed by atoms with Gasteiger partial charge in [-0.25, -0.2) is 4.79 Å². The first-order chi connectivity index (χ1) is 11.6. The van der Waals surface area contributed by atoms with Crippen LogP contribution in [0.5, 0.6) is 5.75 Å². The maximum Gasteiger partial charge on any atom is 0.336 e. The monoisotopic (exact) mass is 333 g/mol. The van der Waals surface area contributed by atoms with E-state index < -0.39 is 5.97 Å². The highest BCUT2D eigenvalue weighted by Gasteiger charge is 2.26. The molecule has 132 valence electrons. The second-order valence-corrected chi connectivity index (χ2v) is 6.72. The van der Waals surface area contributed by atoms with Gasteiger partial charge in [-0.15, -0.1) is 0 Å². The number of anilines is 1. The molecular weight excluding hydrogens is 306 g/mol. The van der Waals surface area contributed by atoms with Crippen LogP contribution in [0, 0.1) is 6.92 Å². The zero-order chi connectivity index (χ0) is 17.1. The molecule has 1 aliphatic heterocycles. The molecule has 1 aliphatic carbocycles. The minimum absolute atomic E-state index is 0.236. The van der Waals surface area contributed by atoms with Crippen LogP contribution in [-0.4, -0.2) is 43.0 Å².